The molecule has 4 aromatic rings. The van der Waals surface area contributed by atoms with Gasteiger partial charge in [0.1, 0.15) is 0 Å². The Morgan fingerprint density at radius 3 is 2.62 bits per heavy atom. The Balaban J connectivity index is 1.82. The van der Waals surface area contributed by atoms with Crippen molar-refractivity contribution in [1.82, 2.24) is 4.98 Å². The molecule has 0 bridgehead atoms. The van der Waals surface area contributed by atoms with Crippen molar-refractivity contribution >= 4 is 39.1 Å². The van der Waals surface area contributed by atoms with Crippen molar-refractivity contribution in [3.63, 3.8) is 0 Å². The SMILES string of the molecule is C/C(=N\O)c1ccc(Nc2c3ccccc3nc3occc23)cc1. The van der Waals surface area contributed by atoms with Crippen LogP contribution in [0.25, 0.3) is 22.0 Å². The highest BCUT2D eigenvalue weighted by Crippen LogP contribution is 2.33. The lowest BCUT2D eigenvalue weighted by molar-refractivity contribution is 0.319. The number of pyridine rings is 1. The van der Waals surface area contributed by atoms with E-state index in [0.717, 1.165) is 33.2 Å². The summed E-state index contributed by atoms with van der Waals surface area (Å²) in [5.41, 5.74) is 4.83. The Kier molecular flexibility index (Phi) is 3.39. The molecule has 5 heteroatoms. The highest BCUT2D eigenvalue weighted by Gasteiger charge is 2.11. The van der Waals surface area contributed by atoms with Gasteiger partial charge in [0.25, 0.3) is 0 Å². The zero-order chi connectivity index (χ0) is 16.5. The van der Waals surface area contributed by atoms with Crippen LogP contribution in [-0.2, 0) is 0 Å². The van der Waals surface area contributed by atoms with Crippen molar-refractivity contribution in [2.45, 2.75) is 6.92 Å². The van der Waals surface area contributed by atoms with Gasteiger partial charge in [-0.1, -0.05) is 35.5 Å². The number of para-hydroxylation sites is 1. The lowest BCUT2D eigenvalue weighted by Crippen LogP contribution is -1.97. The monoisotopic (exact) mass is 317 g/mol. The molecule has 4 rings (SSSR count). The van der Waals surface area contributed by atoms with Crippen molar-refractivity contribution < 1.29 is 9.62 Å². The Morgan fingerprint density at radius 2 is 1.83 bits per heavy atom. The van der Waals surface area contributed by atoms with Gasteiger partial charge in [0.05, 0.1) is 28.6 Å². The zero-order valence-electron chi connectivity index (χ0n) is 13.0. The Labute approximate surface area is 138 Å². The maximum absolute atomic E-state index is 8.86. The summed E-state index contributed by atoms with van der Waals surface area (Å²) in [6.07, 6.45) is 1.64. The highest BCUT2D eigenvalue weighted by molar-refractivity contribution is 6.07. The van der Waals surface area contributed by atoms with Gasteiger partial charge in [-0.3, -0.25) is 0 Å². The molecule has 24 heavy (non-hydrogen) atoms. The Morgan fingerprint density at radius 1 is 1.04 bits per heavy atom. The highest BCUT2D eigenvalue weighted by atomic mass is 16.4. The molecule has 0 spiro atoms. The number of aromatic nitrogens is 1. The number of oxime groups is 1. The third-order valence-electron chi connectivity index (χ3n) is 4.03. The quantitative estimate of drug-likeness (QED) is 0.319. The fraction of sp³-hybridized carbons (Fsp3) is 0.0526. The van der Waals surface area contributed by atoms with Crippen molar-refractivity contribution in [3.05, 3.63) is 66.4 Å². The largest absolute Gasteiger partial charge is 0.446 e. The number of fused-ring (bicyclic) bond motifs is 2. The molecule has 0 aliphatic carbocycles. The maximum atomic E-state index is 8.86. The summed E-state index contributed by atoms with van der Waals surface area (Å²) in [5.74, 6) is 0. The second-order valence-corrected chi connectivity index (χ2v) is 5.53. The number of anilines is 2. The summed E-state index contributed by atoms with van der Waals surface area (Å²) < 4.78 is 5.47. The molecule has 2 aromatic carbocycles. The lowest BCUT2D eigenvalue weighted by atomic mass is 10.1. The topological polar surface area (TPSA) is 70.7 Å². The molecule has 2 heterocycles. The van der Waals surface area contributed by atoms with E-state index in [2.05, 4.69) is 15.5 Å². The van der Waals surface area contributed by atoms with Gasteiger partial charge in [-0.25, -0.2) is 4.98 Å². The molecule has 0 fully saturated rings. The minimum atomic E-state index is 0.577. The van der Waals surface area contributed by atoms with Gasteiger partial charge in [0.15, 0.2) is 0 Å². The van der Waals surface area contributed by atoms with E-state index in [1.54, 1.807) is 13.2 Å². The molecule has 2 N–H and O–H groups in total. The summed E-state index contributed by atoms with van der Waals surface area (Å²) in [6.45, 7) is 1.76. The number of hydrogen-bond donors (Lipinski definition) is 2. The van der Waals surface area contributed by atoms with Crippen molar-refractivity contribution in [1.29, 1.82) is 0 Å². The summed E-state index contributed by atoms with van der Waals surface area (Å²) in [6, 6.07) is 17.6. The first-order valence-corrected chi connectivity index (χ1v) is 7.58. The standard InChI is InChI=1S/C19H15N3O2/c1-12(22-23)13-6-8-14(9-7-13)20-18-15-4-2-3-5-17(15)21-19-16(18)10-11-24-19/h2-11,23H,1H3,(H,20,21)/b22-12+. The molecule has 118 valence electrons. The summed E-state index contributed by atoms with van der Waals surface area (Å²) >= 11 is 0. The molecule has 0 radical (unpaired) electrons. The van der Waals surface area contributed by atoms with Gasteiger partial charge in [-0.15, -0.1) is 0 Å². The molecule has 0 unspecified atom stereocenters. The van der Waals surface area contributed by atoms with Gasteiger partial charge >= 0.3 is 0 Å². The summed E-state index contributed by atoms with van der Waals surface area (Å²) in [4.78, 5) is 4.54. The van der Waals surface area contributed by atoms with E-state index >= 15 is 0 Å². The van der Waals surface area contributed by atoms with E-state index in [-0.39, 0.29) is 0 Å². The van der Waals surface area contributed by atoms with Crippen molar-refractivity contribution in [2.75, 3.05) is 5.32 Å². The van der Waals surface area contributed by atoms with E-state index in [1.807, 2.05) is 54.6 Å². The lowest BCUT2D eigenvalue weighted by Gasteiger charge is -2.11. The van der Waals surface area contributed by atoms with Crippen LogP contribution in [0.1, 0.15) is 12.5 Å². The van der Waals surface area contributed by atoms with Crippen LogP contribution in [0.15, 0.2) is 70.4 Å². The molecule has 0 saturated carbocycles. The fourth-order valence-corrected chi connectivity index (χ4v) is 2.75. The number of hydrogen-bond acceptors (Lipinski definition) is 5. The summed E-state index contributed by atoms with van der Waals surface area (Å²) in [5, 5.41) is 17.5. The third kappa shape index (κ3) is 2.36. The molecule has 0 aliphatic rings. The van der Waals surface area contributed by atoms with E-state index in [9.17, 15) is 0 Å². The third-order valence-corrected chi connectivity index (χ3v) is 4.03. The first-order chi connectivity index (χ1) is 11.8. The maximum Gasteiger partial charge on any atom is 0.228 e. The Bertz CT molecular complexity index is 1050. The minimum Gasteiger partial charge on any atom is -0.446 e. The first kappa shape index (κ1) is 14.3. The molecule has 0 aliphatic heterocycles. The normalized spacial score (nSPS) is 12.0. The number of benzene rings is 2. The Hall–Kier alpha value is -3.34. The van der Waals surface area contributed by atoms with Gasteiger partial charge < -0.3 is 14.9 Å². The molecular formula is C19H15N3O2. The molecular weight excluding hydrogens is 302 g/mol. The predicted molar refractivity (Wildman–Crippen MR) is 95.2 cm³/mol. The number of nitrogens with one attached hydrogen (secondary N) is 1. The smallest absolute Gasteiger partial charge is 0.228 e. The van der Waals surface area contributed by atoms with Crippen LogP contribution in [-0.4, -0.2) is 15.9 Å². The minimum absolute atomic E-state index is 0.577. The zero-order valence-corrected chi connectivity index (χ0v) is 13.0. The van der Waals surface area contributed by atoms with Crippen LogP contribution in [0.5, 0.6) is 0 Å². The van der Waals surface area contributed by atoms with Crippen LogP contribution in [0, 0.1) is 0 Å². The predicted octanol–water partition coefficient (Wildman–Crippen LogP) is 4.92. The molecule has 0 saturated heterocycles. The molecule has 5 nitrogen and oxygen atoms in total. The average molecular weight is 317 g/mol. The van der Waals surface area contributed by atoms with Crippen molar-refractivity contribution in [3.8, 4) is 0 Å². The van der Waals surface area contributed by atoms with Gasteiger partial charge in [-0.2, -0.15) is 0 Å². The van der Waals surface area contributed by atoms with E-state index < -0.39 is 0 Å². The van der Waals surface area contributed by atoms with Gasteiger partial charge in [0.2, 0.25) is 5.71 Å². The van der Waals surface area contributed by atoms with Crippen molar-refractivity contribution in [2.24, 2.45) is 5.16 Å². The van der Waals surface area contributed by atoms with E-state index in [1.165, 1.54) is 0 Å². The van der Waals surface area contributed by atoms with Crippen LogP contribution in [0.2, 0.25) is 0 Å². The average Bonchev–Trinajstić information content (AvgIpc) is 3.10. The van der Waals surface area contributed by atoms with Crippen LogP contribution < -0.4 is 5.32 Å². The fourth-order valence-electron chi connectivity index (χ4n) is 2.75. The van der Waals surface area contributed by atoms with Gasteiger partial charge in [-0.05, 0) is 36.8 Å². The van der Waals surface area contributed by atoms with Crippen LogP contribution in [0.3, 0.4) is 0 Å². The second-order valence-electron chi connectivity index (χ2n) is 5.53. The van der Waals surface area contributed by atoms with E-state index in [0.29, 0.717) is 11.4 Å². The molecule has 2 aromatic heterocycles. The molecule has 0 atom stereocenters. The van der Waals surface area contributed by atoms with E-state index in [4.69, 9.17) is 9.62 Å². The number of rotatable bonds is 3. The van der Waals surface area contributed by atoms with Crippen LogP contribution >= 0.6 is 0 Å². The van der Waals surface area contributed by atoms with Crippen LogP contribution in [0.4, 0.5) is 11.4 Å². The van der Waals surface area contributed by atoms with Gasteiger partial charge in [0, 0.05) is 11.1 Å². The number of furan rings is 1. The second kappa shape index (κ2) is 5.70. The first-order valence-electron chi connectivity index (χ1n) is 7.58. The summed E-state index contributed by atoms with van der Waals surface area (Å²) in [7, 11) is 0. The number of nitrogens with zero attached hydrogens (tertiary/aromatic N) is 2. The molecule has 0 amide bonds.